The van der Waals surface area contributed by atoms with Crippen molar-refractivity contribution in [1.29, 1.82) is 0 Å². The van der Waals surface area contributed by atoms with Gasteiger partial charge in [0.2, 0.25) is 5.91 Å². The van der Waals surface area contributed by atoms with Gasteiger partial charge in [-0.2, -0.15) is 0 Å². The lowest BCUT2D eigenvalue weighted by Crippen LogP contribution is -2.51. The molecule has 0 aromatic heterocycles. The van der Waals surface area contributed by atoms with Crippen LogP contribution in [0.15, 0.2) is 146 Å². The summed E-state index contributed by atoms with van der Waals surface area (Å²) in [6.07, 6.45) is -1.10. The van der Waals surface area contributed by atoms with E-state index in [1.165, 1.54) is 26.0 Å². The van der Waals surface area contributed by atoms with Crippen molar-refractivity contribution in [3.05, 3.63) is 179 Å². The maximum absolute atomic E-state index is 13.1. The SMILES string of the molecule is CC(C)(C)OC(=O)CCC(=O)[C@@H](N)Cc1ccc(O)cc1.C[C@H](NC(=O)OCC1c2ccccc2-c2ccccc21)C(=O)N[C@@H](Cc1ccc(O)cc1)C(=O)CCC(=O)OC(C)(C)C.C[C@H](NC(=O)OCC1c2ccccc2-c2ccccc21)C(=O)O.O. The Kier molecular flexibility index (Phi) is 25.1. The molecular formula is C68H80N4O16. The quantitative estimate of drug-likeness (QED) is 0.0261. The Hall–Kier alpha value is -9.40. The minimum absolute atomic E-state index is 0. The molecular weight excluding hydrogens is 1130 g/mol. The number of rotatable bonds is 21. The molecule has 88 heavy (non-hydrogen) atoms. The molecule has 0 unspecified atom stereocenters. The van der Waals surface area contributed by atoms with Crippen LogP contribution in [-0.4, -0.2) is 117 Å². The van der Waals surface area contributed by atoms with Gasteiger partial charge in [-0.15, -0.1) is 0 Å². The van der Waals surface area contributed by atoms with E-state index in [0.29, 0.717) is 12.0 Å². The molecule has 0 fully saturated rings. The van der Waals surface area contributed by atoms with E-state index in [1.807, 2.05) is 84.9 Å². The van der Waals surface area contributed by atoms with Gasteiger partial charge < -0.3 is 61.4 Å². The number of carboxylic acids is 1. The number of aromatic hydroxyl groups is 2. The number of benzene rings is 6. The molecule has 0 bridgehead atoms. The number of esters is 2. The number of ketones is 2. The third-order valence-corrected chi connectivity index (χ3v) is 14.0. The Balaban J connectivity index is 0.000000264. The number of phenolic OH excluding ortho intramolecular Hbond substituents is 2. The van der Waals surface area contributed by atoms with Gasteiger partial charge in [0.1, 0.15) is 53.8 Å². The first-order valence-corrected chi connectivity index (χ1v) is 28.7. The van der Waals surface area contributed by atoms with Crippen LogP contribution in [0.5, 0.6) is 11.5 Å². The summed E-state index contributed by atoms with van der Waals surface area (Å²) in [5.74, 6) is -3.04. The van der Waals surface area contributed by atoms with Gasteiger partial charge in [-0.1, -0.05) is 121 Å². The molecule has 2 aliphatic rings. The van der Waals surface area contributed by atoms with Crippen molar-refractivity contribution in [2.75, 3.05) is 13.2 Å². The van der Waals surface area contributed by atoms with E-state index in [1.54, 1.807) is 77.9 Å². The number of fused-ring (bicyclic) bond motifs is 6. The number of carboxylic acid groups (broad SMARTS) is 1. The van der Waals surface area contributed by atoms with Crippen LogP contribution in [0.4, 0.5) is 9.59 Å². The second kappa shape index (κ2) is 31.8. The largest absolute Gasteiger partial charge is 0.508 e. The van der Waals surface area contributed by atoms with E-state index in [0.717, 1.165) is 50.1 Å². The minimum Gasteiger partial charge on any atom is -0.508 e. The van der Waals surface area contributed by atoms with Crippen LogP contribution in [0.1, 0.15) is 126 Å². The molecule has 20 heteroatoms. The van der Waals surface area contributed by atoms with E-state index in [4.69, 9.17) is 29.8 Å². The fourth-order valence-corrected chi connectivity index (χ4v) is 9.77. The molecule has 0 saturated carbocycles. The van der Waals surface area contributed by atoms with Crippen molar-refractivity contribution in [2.45, 2.75) is 141 Å². The molecule has 6 aromatic carbocycles. The maximum Gasteiger partial charge on any atom is 0.407 e. The van der Waals surface area contributed by atoms with E-state index >= 15 is 0 Å². The van der Waals surface area contributed by atoms with Gasteiger partial charge in [0.05, 0.1) is 24.9 Å². The van der Waals surface area contributed by atoms with Gasteiger partial charge in [0.15, 0.2) is 5.78 Å². The number of aliphatic carboxylic acids is 1. The Morgan fingerprint density at radius 3 is 1.18 bits per heavy atom. The zero-order chi connectivity index (χ0) is 63.6. The second-order valence-electron chi connectivity index (χ2n) is 23.2. The highest BCUT2D eigenvalue weighted by Gasteiger charge is 2.32. The maximum atomic E-state index is 13.1. The van der Waals surface area contributed by atoms with Crippen molar-refractivity contribution in [2.24, 2.45) is 5.73 Å². The predicted octanol–water partition coefficient (Wildman–Crippen LogP) is 9.16. The molecule has 0 spiro atoms. The molecule has 10 N–H and O–H groups in total. The number of carbonyl (C=O) groups is 8. The lowest BCUT2D eigenvalue weighted by molar-refractivity contribution is -0.156. The van der Waals surface area contributed by atoms with Crippen LogP contribution in [0.2, 0.25) is 0 Å². The van der Waals surface area contributed by atoms with Gasteiger partial charge in [-0.3, -0.25) is 28.8 Å². The predicted molar refractivity (Wildman–Crippen MR) is 330 cm³/mol. The summed E-state index contributed by atoms with van der Waals surface area (Å²) >= 11 is 0. The molecule has 468 valence electrons. The first-order chi connectivity index (χ1) is 41.2. The number of ether oxygens (including phenoxy) is 4. The number of hydrogen-bond acceptors (Lipinski definition) is 15. The molecule has 0 saturated heterocycles. The third-order valence-electron chi connectivity index (χ3n) is 14.0. The average molecular weight is 1210 g/mol. The monoisotopic (exact) mass is 1210 g/mol. The van der Waals surface area contributed by atoms with Crippen molar-refractivity contribution < 1.29 is 78.1 Å². The highest BCUT2D eigenvalue weighted by molar-refractivity contribution is 5.93. The number of hydrogen-bond donors (Lipinski definition) is 7. The minimum atomic E-state index is -1.10. The van der Waals surface area contributed by atoms with Gasteiger partial charge in [0.25, 0.3) is 0 Å². The normalized spacial score (nSPS) is 13.3. The zero-order valence-corrected chi connectivity index (χ0v) is 50.8. The van der Waals surface area contributed by atoms with Crippen LogP contribution in [-0.2, 0) is 60.6 Å². The fraction of sp³-hybridized carbons (Fsp3) is 0.353. The van der Waals surface area contributed by atoms with E-state index in [2.05, 4.69) is 28.1 Å². The van der Waals surface area contributed by atoms with Gasteiger partial charge in [0, 0.05) is 24.7 Å². The zero-order valence-electron chi connectivity index (χ0n) is 50.8. The number of carbonyl (C=O) groups excluding carboxylic acids is 7. The van der Waals surface area contributed by atoms with Crippen molar-refractivity contribution in [3.8, 4) is 33.8 Å². The Labute approximate surface area is 512 Å². The van der Waals surface area contributed by atoms with Crippen LogP contribution >= 0.6 is 0 Å². The van der Waals surface area contributed by atoms with Gasteiger partial charge >= 0.3 is 30.1 Å². The highest BCUT2D eigenvalue weighted by Crippen LogP contribution is 2.46. The molecule has 2 aliphatic carbocycles. The van der Waals surface area contributed by atoms with Crippen molar-refractivity contribution in [1.82, 2.24) is 16.0 Å². The summed E-state index contributed by atoms with van der Waals surface area (Å²) in [4.78, 5) is 97.0. The molecule has 8 rings (SSSR count). The molecule has 4 atom stereocenters. The lowest BCUT2D eigenvalue weighted by atomic mass is 9.98. The van der Waals surface area contributed by atoms with Crippen LogP contribution in [0, 0.1) is 0 Å². The number of alkyl carbamates (subject to hydrolysis) is 2. The van der Waals surface area contributed by atoms with Gasteiger partial charge in [-0.25, -0.2) is 9.59 Å². The highest BCUT2D eigenvalue weighted by atomic mass is 16.6. The molecule has 0 heterocycles. The average Bonchev–Trinajstić information content (AvgIpc) is 1.69. The summed E-state index contributed by atoms with van der Waals surface area (Å²) < 4.78 is 21.2. The molecule has 0 radical (unpaired) electrons. The summed E-state index contributed by atoms with van der Waals surface area (Å²) in [6, 6.07) is 41.2. The third kappa shape index (κ3) is 20.9. The Morgan fingerprint density at radius 2 is 0.818 bits per heavy atom. The summed E-state index contributed by atoms with van der Waals surface area (Å²) in [5.41, 5.74) is 15.1. The number of phenols is 2. The lowest BCUT2D eigenvalue weighted by Gasteiger charge is -2.22. The van der Waals surface area contributed by atoms with Crippen LogP contribution < -0.4 is 21.7 Å². The molecule has 6 aromatic rings. The fourth-order valence-electron chi connectivity index (χ4n) is 9.77. The smallest absolute Gasteiger partial charge is 0.407 e. The first kappa shape index (κ1) is 69.4. The number of amides is 3. The molecule has 20 nitrogen and oxygen atoms in total. The molecule has 3 amide bonds. The van der Waals surface area contributed by atoms with Gasteiger partial charge in [-0.05, 0) is 148 Å². The summed E-state index contributed by atoms with van der Waals surface area (Å²) in [6.45, 7) is 13.7. The number of nitrogens with one attached hydrogen (secondary N) is 3. The summed E-state index contributed by atoms with van der Waals surface area (Å²) in [5, 5.41) is 35.1. The standard InChI is InChI=1S/C34H38N2O7.C18H17NO4.C16H23NO4.H2O/c1-21(35-33(41)42-20-28-26-11-7-5-9-24(26)25-10-6-8-12-27(25)28)32(40)36-29(19-22-13-15-23(37)16-14-22)30(38)17-18-31(39)43-34(2,3)4;1-11(17(20)21)19-18(22)23-10-16-14-8-4-2-6-12(14)13-7-3-5-9-15(13)16;1-16(2,3)21-15(20)9-8-14(19)13(17)10-11-4-6-12(18)7-5-11;/h5-16,21,28-29,37H,17-20H2,1-4H3,(H,35,41)(H,36,40);2-9,11,16H,10H2,1H3,(H,19,22)(H,20,21);4-7,13,18H,8-10,17H2,1-3H3;1H2/t21-,29-;11-;13-;/m000./s1. The Bertz CT molecular complexity index is 3300. The summed E-state index contributed by atoms with van der Waals surface area (Å²) in [7, 11) is 0. The Morgan fingerprint density at radius 1 is 0.477 bits per heavy atom. The van der Waals surface area contributed by atoms with Crippen LogP contribution in [0.25, 0.3) is 22.3 Å². The molecule has 0 aliphatic heterocycles. The second-order valence-corrected chi connectivity index (χ2v) is 23.2. The first-order valence-electron chi connectivity index (χ1n) is 28.7. The topological polar surface area (TPSA) is 328 Å². The number of nitrogens with two attached hydrogens (primary N) is 1. The van der Waals surface area contributed by atoms with Crippen LogP contribution in [0.3, 0.4) is 0 Å². The van der Waals surface area contributed by atoms with E-state index < -0.39 is 71.4 Å². The number of Topliss-reactive ketones (excluding diaryl/α,β-unsaturated/α-hetero) is 2. The van der Waals surface area contributed by atoms with E-state index in [9.17, 15) is 48.6 Å². The van der Waals surface area contributed by atoms with E-state index in [-0.39, 0.29) is 85.7 Å². The van der Waals surface area contributed by atoms with Crippen molar-refractivity contribution in [3.63, 3.8) is 0 Å². The van der Waals surface area contributed by atoms with Crippen molar-refractivity contribution >= 4 is 47.6 Å².